The predicted molar refractivity (Wildman–Crippen MR) is 143 cm³/mol. The zero-order chi connectivity index (χ0) is 26.2. The van der Waals surface area contributed by atoms with Crippen LogP contribution >= 0.6 is 11.6 Å². The van der Waals surface area contributed by atoms with Crippen LogP contribution in [0, 0.1) is 0 Å². The number of likely N-dealkylation sites (tertiary alicyclic amines) is 1. The second kappa shape index (κ2) is 13.0. The lowest BCUT2D eigenvalue weighted by atomic mass is 10.1. The van der Waals surface area contributed by atoms with E-state index in [2.05, 4.69) is 9.88 Å². The molecule has 1 fully saturated rings. The fourth-order valence-electron chi connectivity index (χ4n) is 4.39. The topological polar surface area (TPSA) is 91.9 Å². The summed E-state index contributed by atoms with van der Waals surface area (Å²) in [6.45, 7) is 3.93. The summed E-state index contributed by atoms with van der Waals surface area (Å²) in [4.78, 5) is 45.6. The molecule has 0 spiro atoms. The summed E-state index contributed by atoms with van der Waals surface area (Å²) in [5.74, 6) is -0.0741. The molecule has 9 heteroatoms. The number of nitrogens with zero attached hydrogens (tertiary/aromatic N) is 2. The van der Waals surface area contributed by atoms with Gasteiger partial charge in [-0.15, -0.1) is 0 Å². The highest BCUT2D eigenvalue weighted by atomic mass is 35.5. The van der Waals surface area contributed by atoms with Crippen LogP contribution in [0.4, 0.5) is 0 Å². The van der Waals surface area contributed by atoms with Crippen molar-refractivity contribution >= 4 is 34.2 Å². The lowest BCUT2D eigenvalue weighted by Crippen LogP contribution is -2.36. The molecule has 0 unspecified atom stereocenters. The highest BCUT2D eigenvalue weighted by Gasteiger charge is 2.21. The molecule has 2 heterocycles. The number of benzene rings is 2. The van der Waals surface area contributed by atoms with Crippen molar-refractivity contribution in [3.05, 3.63) is 80.6 Å². The van der Waals surface area contributed by atoms with Crippen LogP contribution in [-0.2, 0) is 27.4 Å². The number of methoxy groups -OCH3 is 1. The molecule has 3 aromatic rings. The number of nitrogens with one attached hydrogen (secondary N) is 1. The van der Waals surface area contributed by atoms with Crippen molar-refractivity contribution < 1.29 is 19.1 Å². The van der Waals surface area contributed by atoms with Crippen LogP contribution < -0.4 is 5.43 Å². The van der Waals surface area contributed by atoms with E-state index in [1.54, 1.807) is 24.1 Å². The number of rotatable bonds is 11. The number of ketones is 1. The second-order valence-electron chi connectivity index (χ2n) is 9.18. The molecule has 4 rings (SSSR count). The molecule has 0 radical (unpaired) electrons. The van der Waals surface area contributed by atoms with Gasteiger partial charge in [0.05, 0.1) is 19.8 Å². The molecule has 0 saturated carbocycles. The Labute approximate surface area is 221 Å². The third-order valence-corrected chi connectivity index (χ3v) is 6.76. The Hall–Kier alpha value is -3.04. The largest absolute Gasteiger partial charge is 0.382 e. The average Bonchev–Trinajstić information content (AvgIpc) is 2.90. The first-order valence-electron chi connectivity index (χ1n) is 12.4. The van der Waals surface area contributed by atoms with Crippen molar-refractivity contribution in [3.63, 3.8) is 0 Å². The Morgan fingerprint density at radius 1 is 1.03 bits per heavy atom. The lowest BCUT2D eigenvalue weighted by Gasteiger charge is -2.25. The van der Waals surface area contributed by atoms with Gasteiger partial charge >= 0.3 is 0 Å². The number of hydrogen-bond acceptors (Lipinski definition) is 6. The van der Waals surface area contributed by atoms with Gasteiger partial charge in [-0.25, -0.2) is 0 Å². The quantitative estimate of drug-likeness (QED) is 0.384. The molecule has 2 aromatic carbocycles. The van der Waals surface area contributed by atoms with Gasteiger partial charge in [-0.1, -0.05) is 29.8 Å². The van der Waals surface area contributed by atoms with Crippen molar-refractivity contribution in [2.24, 2.45) is 0 Å². The minimum Gasteiger partial charge on any atom is -0.382 e. The van der Waals surface area contributed by atoms with E-state index >= 15 is 0 Å². The minimum atomic E-state index is -0.367. The molecule has 1 N–H and O–H groups in total. The number of Topliss-reactive ketones (excluding diaryl/α,β-unsaturated/α-hetero) is 1. The Balaban J connectivity index is 1.56. The molecular weight excluding hydrogens is 494 g/mol. The van der Waals surface area contributed by atoms with E-state index in [0.717, 1.165) is 24.2 Å². The predicted octanol–water partition coefficient (Wildman–Crippen LogP) is 3.65. The van der Waals surface area contributed by atoms with E-state index in [1.807, 2.05) is 30.3 Å². The number of carbonyl (C=O) groups is 2. The number of fused-ring (bicyclic) bond motifs is 1. The van der Waals surface area contributed by atoms with Crippen LogP contribution in [0.3, 0.4) is 0 Å². The van der Waals surface area contributed by atoms with E-state index in [4.69, 9.17) is 21.1 Å². The molecular formula is C28H32ClN3O5. The number of ether oxygens (including phenoxy) is 2. The smallest absolute Gasteiger partial charge is 0.259 e. The fraction of sp³-hybridized carbons (Fsp3) is 0.393. The molecule has 37 heavy (non-hydrogen) atoms. The number of aromatic amines is 1. The molecule has 1 aliphatic heterocycles. The number of halogens is 1. The van der Waals surface area contributed by atoms with E-state index in [1.165, 1.54) is 6.20 Å². The molecule has 0 aliphatic carbocycles. The molecule has 1 aliphatic rings. The maximum absolute atomic E-state index is 13.6. The van der Waals surface area contributed by atoms with Crippen LogP contribution in [0.15, 0.2) is 53.5 Å². The first-order valence-corrected chi connectivity index (χ1v) is 12.8. The number of carbonyl (C=O) groups excluding carboxylic acids is 2. The van der Waals surface area contributed by atoms with Gasteiger partial charge in [0, 0.05) is 74.8 Å². The normalized spacial score (nSPS) is 14.3. The standard InChI is InChI=1S/C28H32ClN3O5/c1-36-14-15-37-13-12-32(19-20-2-5-22(29)6-3-20)28(35)25-17-30-26-7-4-21(16-24(26)27(25)34)18-31-10-8-23(33)9-11-31/h2-7,16-17H,8-15,18-19H2,1H3,(H,30,34). The highest BCUT2D eigenvalue weighted by Crippen LogP contribution is 2.17. The van der Waals surface area contributed by atoms with Gasteiger partial charge in [0.15, 0.2) is 0 Å². The zero-order valence-corrected chi connectivity index (χ0v) is 21.8. The van der Waals surface area contributed by atoms with Gasteiger partial charge in [-0.05, 0) is 35.4 Å². The summed E-state index contributed by atoms with van der Waals surface area (Å²) < 4.78 is 10.6. The summed E-state index contributed by atoms with van der Waals surface area (Å²) in [6, 6.07) is 13.0. The second-order valence-corrected chi connectivity index (χ2v) is 9.62. The molecule has 8 nitrogen and oxygen atoms in total. The summed E-state index contributed by atoms with van der Waals surface area (Å²) in [7, 11) is 1.60. The van der Waals surface area contributed by atoms with Crippen LogP contribution in [0.2, 0.25) is 5.02 Å². The first-order chi connectivity index (χ1) is 17.9. The van der Waals surface area contributed by atoms with Crippen LogP contribution in [0.1, 0.15) is 34.3 Å². The number of H-pyrrole nitrogens is 1. The molecule has 196 valence electrons. The van der Waals surface area contributed by atoms with Crippen molar-refractivity contribution in [2.45, 2.75) is 25.9 Å². The minimum absolute atomic E-state index is 0.0825. The maximum atomic E-state index is 13.6. The summed E-state index contributed by atoms with van der Waals surface area (Å²) >= 11 is 6.02. The maximum Gasteiger partial charge on any atom is 0.259 e. The van der Waals surface area contributed by atoms with Gasteiger partial charge in [0.1, 0.15) is 11.3 Å². The lowest BCUT2D eigenvalue weighted by molar-refractivity contribution is -0.121. The molecule has 1 saturated heterocycles. The van der Waals surface area contributed by atoms with Gasteiger partial charge in [-0.2, -0.15) is 0 Å². The monoisotopic (exact) mass is 525 g/mol. The number of aromatic nitrogens is 1. The Morgan fingerprint density at radius 2 is 1.76 bits per heavy atom. The van der Waals surface area contributed by atoms with Crippen molar-refractivity contribution in [1.29, 1.82) is 0 Å². The van der Waals surface area contributed by atoms with Gasteiger partial charge in [-0.3, -0.25) is 19.3 Å². The fourth-order valence-corrected chi connectivity index (χ4v) is 4.52. The average molecular weight is 526 g/mol. The van der Waals surface area contributed by atoms with Crippen LogP contribution in [0.25, 0.3) is 10.9 Å². The van der Waals surface area contributed by atoms with Gasteiger partial charge < -0.3 is 19.4 Å². The third kappa shape index (κ3) is 7.26. The summed E-state index contributed by atoms with van der Waals surface area (Å²) in [5.41, 5.74) is 2.32. The molecule has 1 aromatic heterocycles. The highest BCUT2D eigenvalue weighted by molar-refractivity contribution is 6.30. The van der Waals surface area contributed by atoms with Crippen molar-refractivity contribution in [2.75, 3.05) is 46.6 Å². The molecule has 1 amide bonds. The van der Waals surface area contributed by atoms with Gasteiger partial charge in [0.2, 0.25) is 5.43 Å². The molecule has 0 atom stereocenters. The van der Waals surface area contributed by atoms with Gasteiger partial charge in [0.25, 0.3) is 5.91 Å². The Bertz CT molecular complexity index is 1280. The third-order valence-electron chi connectivity index (χ3n) is 6.51. The SMILES string of the molecule is COCCOCCN(Cc1ccc(Cl)cc1)C(=O)c1c[nH]c2ccc(CN3CCC(=O)CC3)cc2c1=O. The van der Waals surface area contributed by atoms with Crippen LogP contribution in [0.5, 0.6) is 0 Å². The van der Waals surface area contributed by atoms with E-state index in [-0.39, 0.29) is 16.9 Å². The van der Waals surface area contributed by atoms with E-state index in [9.17, 15) is 14.4 Å². The number of piperidine rings is 1. The van der Waals surface area contributed by atoms with E-state index < -0.39 is 0 Å². The van der Waals surface area contributed by atoms with Crippen molar-refractivity contribution in [3.8, 4) is 0 Å². The number of amides is 1. The number of hydrogen-bond donors (Lipinski definition) is 1. The number of pyridine rings is 1. The molecule has 0 bridgehead atoms. The van der Waals surface area contributed by atoms with Crippen molar-refractivity contribution in [1.82, 2.24) is 14.8 Å². The Kier molecular flexibility index (Phi) is 9.46. The first kappa shape index (κ1) is 27.0. The Morgan fingerprint density at radius 3 is 2.49 bits per heavy atom. The van der Waals surface area contributed by atoms with Crippen LogP contribution in [-0.4, -0.2) is 73.0 Å². The zero-order valence-electron chi connectivity index (χ0n) is 21.0. The van der Waals surface area contributed by atoms with E-state index in [0.29, 0.717) is 74.0 Å². The summed E-state index contributed by atoms with van der Waals surface area (Å²) in [6.07, 6.45) is 2.61. The summed E-state index contributed by atoms with van der Waals surface area (Å²) in [5, 5.41) is 1.08.